The van der Waals surface area contributed by atoms with Gasteiger partial charge >= 0.3 is 0 Å². The monoisotopic (exact) mass is 273 g/mol. The fourth-order valence-corrected chi connectivity index (χ4v) is 2.22. The molecule has 1 aromatic carbocycles. The molecule has 0 aliphatic rings. The molecular formula is C16H20FN3. The number of hydrogen-bond donors (Lipinski definition) is 1. The van der Waals surface area contributed by atoms with Crippen LogP contribution >= 0.6 is 0 Å². The van der Waals surface area contributed by atoms with E-state index in [1.54, 1.807) is 18.3 Å². The predicted octanol–water partition coefficient (Wildman–Crippen LogP) is 3.27. The van der Waals surface area contributed by atoms with Crippen molar-refractivity contribution in [3.05, 3.63) is 58.9 Å². The van der Waals surface area contributed by atoms with Crippen LogP contribution in [-0.2, 0) is 5.41 Å². The van der Waals surface area contributed by atoms with Crippen LogP contribution in [0.1, 0.15) is 49.5 Å². The molecule has 106 valence electrons. The Morgan fingerprint density at radius 2 is 1.80 bits per heavy atom. The summed E-state index contributed by atoms with van der Waals surface area (Å²) in [5.41, 5.74) is 8.32. The molecule has 2 rings (SSSR count). The van der Waals surface area contributed by atoms with Gasteiger partial charge < -0.3 is 5.73 Å². The quantitative estimate of drug-likeness (QED) is 0.933. The second-order valence-electron chi connectivity index (χ2n) is 5.65. The summed E-state index contributed by atoms with van der Waals surface area (Å²) in [7, 11) is 0. The lowest BCUT2D eigenvalue weighted by molar-refractivity contribution is 0.577. The van der Waals surface area contributed by atoms with E-state index in [1.165, 1.54) is 12.1 Å². The summed E-state index contributed by atoms with van der Waals surface area (Å²) in [5.74, 6) is 0.472. The first-order valence-electron chi connectivity index (χ1n) is 6.68. The van der Waals surface area contributed by atoms with E-state index < -0.39 is 0 Å². The van der Waals surface area contributed by atoms with Crippen molar-refractivity contribution >= 4 is 0 Å². The molecule has 1 heterocycles. The summed E-state index contributed by atoms with van der Waals surface area (Å²) >= 11 is 0. The van der Waals surface area contributed by atoms with Crippen LogP contribution in [0.15, 0.2) is 30.5 Å². The van der Waals surface area contributed by atoms with Crippen LogP contribution in [0.5, 0.6) is 0 Å². The van der Waals surface area contributed by atoms with Gasteiger partial charge in [-0.15, -0.1) is 0 Å². The number of aromatic nitrogens is 2. The zero-order valence-electron chi connectivity index (χ0n) is 12.3. The number of nitrogens with zero attached hydrogens (tertiary/aromatic N) is 2. The van der Waals surface area contributed by atoms with E-state index in [4.69, 9.17) is 5.73 Å². The largest absolute Gasteiger partial charge is 0.324 e. The average molecular weight is 273 g/mol. The van der Waals surface area contributed by atoms with Crippen molar-refractivity contribution in [2.45, 2.75) is 39.2 Å². The van der Waals surface area contributed by atoms with Crippen molar-refractivity contribution in [2.24, 2.45) is 5.73 Å². The van der Waals surface area contributed by atoms with Gasteiger partial charge in [-0.1, -0.05) is 12.1 Å². The molecule has 0 aliphatic heterocycles. The third kappa shape index (κ3) is 2.70. The first kappa shape index (κ1) is 14.6. The van der Waals surface area contributed by atoms with Gasteiger partial charge in [0.2, 0.25) is 0 Å². The first-order valence-corrected chi connectivity index (χ1v) is 6.68. The number of halogens is 1. The van der Waals surface area contributed by atoms with Gasteiger partial charge in [0.05, 0.1) is 0 Å². The van der Waals surface area contributed by atoms with E-state index in [-0.39, 0.29) is 17.3 Å². The third-order valence-electron chi connectivity index (χ3n) is 3.63. The number of benzene rings is 1. The van der Waals surface area contributed by atoms with Crippen molar-refractivity contribution < 1.29 is 4.39 Å². The number of nitrogens with two attached hydrogens (primary N) is 1. The maximum absolute atomic E-state index is 13.0. The van der Waals surface area contributed by atoms with E-state index in [0.29, 0.717) is 5.82 Å². The molecule has 1 atom stereocenters. The molecule has 0 bridgehead atoms. The Balaban J connectivity index is 2.44. The van der Waals surface area contributed by atoms with Crippen LogP contribution in [0, 0.1) is 12.7 Å². The molecule has 0 saturated heterocycles. The molecule has 0 fully saturated rings. The van der Waals surface area contributed by atoms with Crippen LogP contribution in [0.3, 0.4) is 0 Å². The van der Waals surface area contributed by atoms with Gasteiger partial charge in [-0.05, 0) is 45.4 Å². The van der Waals surface area contributed by atoms with Crippen LogP contribution in [-0.4, -0.2) is 9.97 Å². The van der Waals surface area contributed by atoms with E-state index >= 15 is 0 Å². The molecule has 20 heavy (non-hydrogen) atoms. The number of rotatable bonds is 3. The second-order valence-corrected chi connectivity index (χ2v) is 5.65. The van der Waals surface area contributed by atoms with Crippen molar-refractivity contribution in [1.82, 2.24) is 9.97 Å². The minimum Gasteiger partial charge on any atom is -0.324 e. The van der Waals surface area contributed by atoms with Gasteiger partial charge in [-0.2, -0.15) is 0 Å². The molecule has 2 N–H and O–H groups in total. The summed E-state index contributed by atoms with van der Waals surface area (Å²) in [5, 5.41) is 0. The SMILES string of the molecule is Cc1nc(C(C)(C)c2ccc(F)cc2)ncc1[C@@H](C)N. The molecule has 3 nitrogen and oxygen atoms in total. The molecule has 2 aromatic rings. The van der Waals surface area contributed by atoms with Crippen molar-refractivity contribution in [2.75, 3.05) is 0 Å². The van der Waals surface area contributed by atoms with E-state index in [9.17, 15) is 4.39 Å². The highest BCUT2D eigenvalue weighted by atomic mass is 19.1. The Labute approximate surface area is 119 Å². The van der Waals surface area contributed by atoms with E-state index in [2.05, 4.69) is 9.97 Å². The maximum Gasteiger partial charge on any atom is 0.138 e. The van der Waals surface area contributed by atoms with E-state index in [1.807, 2.05) is 27.7 Å². The molecule has 0 unspecified atom stereocenters. The zero-order valence-corrected chi connectivity index (χ0v) is 12.3. The third-order valence-corrected chi connectivity index (χ3v) is 3.63. The molecule has 1 aromatic heterocycles. The summed E-state index contributed by atoms with van der Waals surface area (Å²) in [4.78, 5) is 9.03. The fourth-order valence-electron chi connectivity index (χ4n) is 2.22. The smallest absolute Gasteiger partial charge is 0.138 e. The molecule has 0 aliphatic carbocycles. The molecule has 0 amide bonds. The molecule has 0 spiro atoms. The van der Waals surface area contributed by atoms with Crippen molar-refractivity contribution in [3.8, 4) is 0 Å². The molecular weight excluding hydrogens is 253 g/mol. The highest BCUT2D eigenvalue weighted by Crippen LogP contribution is 2.29. The lowest BCUT2D eigenvalue weighted by Gasteiger charge is -2.24. The lowest BCUT2D eigenvalue weighted by atomic mass is 9.83. The van der Waals surface area contributed by atoms with Crippen molar-refractivity contribution in [1.29, 1.82) is 0 Å². The highest BCUT2D eigenvalue weighted by molar-refractivity contribution is 5.32. The van der Waals surface area contributed by atoms with Crippen LogP contribution in [0.4, 0.5) is 4.39 Å². The first-order chi connectivity index (χ1) is 9.32. The standard InChI is InChI=1S/C16H20FN3/c1-10(18)14-9-19-15(20-11(14)2)16(3,4)12-5-7-13(17)8-6-12/h5-10H,18H2,1-4H3/t10-/m1/s1. The Morgan fingerprint density at radius 1 is 1.20 bits per heavy atom. The number of hydrogen-bond acceptors (Lipinski definition) is 3. The van der Waals surface area contributed by atoms with Crippen LogP contribution in [0.2, 0.25) is 0 Å². The Hall–Kier alpha value is -1.81. The normalized spacial score (nSPS) is 13.3. The van der Waals surface area contributed by atoms with Gasteiger partial charge in [0.15, 0.2) is 0 Å². The summed E-state index contributed by atoms with van der Waals surface area (Å²) in [6.45, 7) is 7.90. The molecule has 4 heteroatoms. The summed E-state index contributed by atoms with van der Waals surface area (Å²) in [6.07, 6.45) is 1.79. The fraction of sp³-hybridized carbons (Fsp3) is 0.375. The summed E-state index contributed by atoms with van der Waals surface area (Å²) in [6, 6.07) is 6.37. The zero-order chi connectivity index (χ0) is 14.9. The highest BCUT2D eigenvalue weighted by Gasteiger charge is 2.27. The second kappa shape index (κ2) is 5.29. The van der Waals surface area contributed by atoms with E-state index in [0.717, 1.165) is 16.8 Å². The Kier molecular flexibility index (Phi) is 3.86. The Morgan fingerprint density at radius 3 is 2.30 bits per heavy atom. The minimum atomic E-state index is -0.380. The van der Waals surface area contributed by atoms with Crippen LogP contribution < -0.4 is 5.73 Å². The van der Waals surface area contributed by atoms with Crippen LogP contribution in [0.25, 0.3) is 0 Å². The van der Waals surface area contributed by atoms with Gasteiger partial charge in [0, 0.05) is 28.9 Å². The minimum absolute atomic E-state index is 0.0852. The topological polar surface area (TPSA) is 51.8 Å². The molecule has 0 radical (unpaired) electrons. The summed E-state index contributed by atoms with van der Waals surface area (Å²) < 4.78 is 13.0. The number of aryl methyl sites for hydroxylation is 1. The van der Waals surface area contributed by atoms with Gasteiger partial charge in [-0.25, -0.2) is 14.4 Å². The molecule has 0 saturated carbocycles. The van der Waals surface area contributed by atoms with Gasteiger partial charge in [0.1, 0.15) is 11.6 Å². The maximum atomic E-state index is 13.0. The van der Waals surface area contributed by atoms with Gasteiger partial charge in [0.25, 0.3) is 0 Å². The predicted molar refractivity (Wildman–Crippen MR) is 77.9 cm³/mol. The van der Waals surface area contributed by atoms with Gasteiger partial charge in [-0.3, -0.25) is 0 Å². The lowest BCUT2D eigenvalue weighted by Crippen LogP contribution is -2.24. The average Bonchev–Trinajstić information content (AvgIpc) is 2.38. The van der Waals surface area contributed by atoms with Crippen molar-refractivity contribution in [3.63, 3.8) is 0 Å². The Bertz CT molecular complexity index is 604.